The van der Waals surface area contributed by atoms with Crippen LogP contribution in [0.25, 0.3) is 0 Å². The molecule has 0 aliphatic carbocycles. The number of hydrogen-bond donors (Lipinski definition) is 1. The number of amides is 1. The highest BCUT2D eigenvalue weighted by atomic mass is 16.5. The van der Waals surface area contributed by atoms with Gasteiger partial charge in [-0.2, -0.15) is 0 Å². The van der Waals surface area contributed by atoms with E-state index >= 15 is 0 Å². The molecule has 0 spiro atoms. The molecule has 0 bridgehead atoms. The third-order valence-corrected chi connectivity index (χ3v) is 4.46. The van der Waals surface area contributed by atoms with Crippen molar-refractivity contribution in [3.8, 4) is 0 Å². The fourth-order valence-electron chi connectivity index (χ4n) is 3.20. The first-order valence-corrected chi connectivity index (χ1v) is 7.66. The number of aryl methyl sites for hydroxylation is 1. The molecule has 0 saturated heterocycles. The summed E-state index contributed by atoms with van der Waals surface area (Å²) in [4.78, 5) is 29.6. The van der Waals surface area contributed by atoms with E-state index in [1.807, 2.05) is 17.0 Å². The molecule has 5 nitrogen and oxygen atoms in total. The summed E-state index contributed by atoms with van der Waals surface area (Å²) in [6, 6.07) is 8.18. The molecule has 1 N–H and O–H groups in total. The second-order valence-corrected chi connectivity index (χ2v) is 5.86. The predicted molar refractivity (Wildman–Crippen MR) is 86.5 cm³/mol. The SMILES string of the molecule is COC(=O)c1c(C)[nH]c(C(=O)N2CCc3ccccc3C2)c1C. The minimum absolute atomic E-state index is 0.0738. The predicted octanol–water partition coefficient (Wildman–Crippen LogP) is 2.62. The summed E-state index contributed by atoms with van der Waals surface area (Å²) in [7, 11) is 1.34. The molecule has 1 aliphatic rings. The Kier molecular flexibility index (Phi) is 3.94. The van der Waals surface area contributed by atoms with E-state index in [4.69, 9.17) is 4.74 Å². The van der Waals surface area contributed by atoms with E-state index in [1.165, 1.54) is 18.2 Å². The molecule has 120 valence electrons. The Balaban J connectivity index is 1.89. The largest absolute Gasteiger partial charge is 0.465 e. The van der Waals surface area contributed by atoms with E-state index in [2.05, 4.69) is 17.1 Å². The third-order valence-electron chi connectivity index (χ3n) is 4.46. The number of hydrogen-bond acceptors (Lipinski definition) is 3. The number of carbonyl (C=O) groups is 2. The molecule has 0 fully saturated rings. The fourth-order valence-corrected chi connectivity index (χ4v) is 3.20. The van der Waals surface area contributed by atoms with Crippen LogP contribution in [-0.4, -0.2) is 35.4 Å². The van der Waals surface area contributed by atoms with Crippen LogP contribution in [0.4, 0.5) is 0 Å². The van der Waals surface area contributed by atoms with Gasteiger partial charge in [-0.3, -0.25) is 4.79 Å². The quantitative estimate of drug-likeness (QED) is 0.867. The number of benzene rings is 1. The van der Waals surface area contributed by atoms with Crippen LogP contribution in [-0.2, 0) is 17.7 Å². The normalized spacial score (nSPS) is 13.6. The molecule has 1 aromatic carbocycles. The van der Waals surface area contributed by atoms with Gasteiger partial charge >= 0.3 is 5.97 Å². The molecule has 1 aromatic heterocycles. The van der Waals surface area contributed by atoms with Crippen LogP contribution in [0.3, 0.4) is 0 Å². The van der Waals surface area contributed by atoms with Gasteiger partial charge in [0.2, 0.25) is 0 Å². The molecule has 0 radical (unpaired) electrons. The fraction of sp³-hybridized carbons (Fsp3) is 0.333. The van der Waals surface area contributed by atoms with E-state index in [-0.39, 0.29) is 5.91 Å². The summed E-state index contributed by atoms with van der Waals surface area (Å²) in [5.74, 6) is -0.491. The third kappa shape index (κ3) is 2.63. The Morgan fingerprint density at radius 2 is 1.87 bits per heavy atom. The number of nitrogens with zero attached hydrogens (tertiary/aromatic N) is 1. The number of carbonyl (C=O) groups excluding carboxylic acids is 2. The standard InChI is InChI=1S/C18H20N2O3/c1-11-15(18(22)23-3)12(2)19-16(11)17(21)20-9-8-13-6-4-5-7-14(13)10-20/h4-7,19H,8-10H2,1-3H3. The molecular formula is C18H20N2O3. The van der Waals surface area contributed by atoms with E-state index in [1.54, 1.807) is 13.8 Å². The lowest BCUT2D eigenvalue weighted by Gasteiger charge is -2.28. The second-order valence-electron chi connectivity index (χ2n) is 5.86. The van der Waals surface area contributed by atoms with Crippen molar-refractivity contribution >= 4 is 11.9 Å². The van der Waals surface area contributed by atoms with Gasteiger partial charge in [-0.05, 0) is 37.0 Å². The Labute approximate surface area is 135 Å². The summed E-state index contributed by atoms with van der Waals surface area (Å²) in [5, 5.41) is 0. The maximum atomic E-state index is 12.8. The topological polar surface area (TPSA) is 62.4 Å². The van der Waals surface area contributed by atoms with Crippen LogP contribution in [0.1, 0.15) is 43.2 Å². The van der Waals surface area contributed by atoms with E-state index in [0.717, 1.165) is 6.42 Å². The first-order chi connectivity index (χ1) is 11.0. The zero-order valence-electron chi connectivity index (χ0n) is 13.6. The Morgan fingerprint density at radius 3 is 2.57 bits per heavy atom. The van der Waals surface area contributed by atoms with Gasteiger partial charge in [0.05, 0.1) is 12.7 Å². The van der Waals surface area contributed by atoms with Gasteiger partial charge in [0.15, 0.2) is 0 Å². The maximum Gasteiger partial charge on any atom is 0.339 e. The summed E-state index contributed by atoms with van der Waals surface area (Å²) in [5.41, 5.74) is 4.72. The van der Waals surface area contributed by atoms with Crippen molar-refractivity contribution in [1.82, 2.24) is 9.88 Å². The van der Waals surface area contributed by atoms with Crippen molar-refractivity contribution in [2.24, 2.45) is 0 Å². The zero-order chi connectivity index (χ0) is 16.6. The van der Waals surface area contributed by atoms with Crippen LogP contribution in [0.15, 0.2) is 24.3 Å². The van der Waals surface area contributed by atoms with Crippen LogP contribution < -0.4 is 0 Å². The van der Waals surface area contributed by atoms with Gasteiger partial charge in [0.1, 0.15) is 5.69 Å². The van der Waals surface area contributed by atoms with Crippen molar-refractivity contribution in [2.75, 3.05) is 13.7 Å². The summed E-state index contributed by atoms with van der Waals surface area (Å²) < 4.78 is 4.80. The van der Waals surface area contributed by atoms with Crippen LogP contribution in [0.2, 0.25) is 0 Å². The van der Waals surface area contributed by atoms with E-state index in [0.29, 0.717) is 35.6 Å². The van der Waals surface area contributed by atoms with Gasteiger partial charge in [0.25, 0.3) is 5.91 Å². The smallest absolute Gasteiger partial charge is 0.339 e. The number of nitrogens with one attached hydrogen (secondary N) is 1. The minimum atomic E-state index is -0.417. The highest BCUT2D eigenvalue weighted by molar-refractivity contribution is 6.00. The number of aromatic nitrogens is 1. The Morgan fingerprint density at radius 1 is 1.17 bits per heavy atom. The van der Waals surface area contributed by atoms with Crippen molar-refractivity contribution in [1.29, 1.82) is 0 Å². The van der Waals surface area contributed by atoms with Gasteiger partial charge in [-0.1, -0.05) is 24.3 Å². The molecule has 0 saturated carbocycles. The zero-order valence-corrected chi connectivity index (χ0v) is 13.6. The molecule has 2 heterocycles. The average Bonchev–Trinajstić information content (AvgIpc) is 2.87. The van der Waals surface area contributed by atoms with Crippen LogP contribution >= 0.6 is 0 Å². The summed E-state index contributed by atoms with van der Waals surface area (Å²) in [6.07, 6.45) is 0.852. The van der Waals surface area contributed by atoms with Gasteiger partial charge in [-0.25, -0.2) is 4.79 Å². The first-order valence-electron chi connectivity index (χ1n) is 7.66. The Bertz CT molecular complexity index is 777. The number of fused-ring (bicyclic) bond motifs is 1. The van der Waals surface area contributed by atoms with E-state index in [9.17, 15) is 9.59 Å². The molecule has 5 heteroatoms. The van der Waals surface area contributed by atoms with Crippen molar-refractivity contribution < 1.29 is 14.3 Å². The van der Waals surface area contributed by atoms with Crippen LogP contribution in [0.5, 0.6) is 0 Å². The maximum absolute atomic E-state index is 12.8. The monoisotopic (exact) mass is 312 g/mol. The number of H-pyrrole nitrogens is 1. The van der Waals surface area contributed by atoms with Gasteiger partial charge < -0.3 is 14.6 Å². The molecule has 0 atom stereocenters. The molecule has 1 amide bonds. The minimum Gasteiger partial charge on any atom is -0.465 e. The van der Waals surface area contributed by atoms with Crippen molar-refractivity contribution in [3.05, 3.63) is 57.9 Å². The molecule has 1 aliphatic heterocycles. The van der Waals surface area contributed by atoms with Crippen molar-refractivity contribution in [2.45, 2.75) is 26.8 Å². The molecule has 2 aromatic rings. The van der Waals surface area contributed by atoms with E-state index < -0.39 is 5.97 Å². The van der Waals surface area contributed by atoms with Gasteiger partial charge in [-0.15, -0.1) is 0 Å². The number of aromatic amines is 1. The van der Waals surface area contributed by atoms with Gasteiger partial charge in [0, 0.05) is 18.8 Å². The summed E-state index contributed by atoms with van der Waals surface area (Å²) in [6.45, 7) is 4.84. The first kappa shape index (κ1) is 15.3. The molecule has 0 unspecified atom stereocenters. The highest BCUT2D eigenvalue weighted by Gasteiger charge is 2.27. The lowest BCUT2D eigenvalue weighted by atomic mass is 9.99. The summed E-state index contributed by atoms with van der Waals surface area (Å²) >= 11 is 0. The lowest BCUT2D eigenvalue weighted by Crippen LogP contribution is -2.36. The second kappa shape index (κ2) is 5.91. The number of rotatable bonds is 2. The number of methoxy groups -OCH3 is 1. The molecule has 23 heavy (non-hydrogen) atoms. The number of ether oxygens (including phenoxy) is 1. The lowest BCUT2D eigenvalue weighted by molar-refractivity contribution is 0.0599. The van der Waals surface area contributed by atoms with Crippen LogP contribution in [0, 0.1) is 13.8 Å². The average molecular weight is 312 g/mol. The highest BCUT2D eigenvalue weighted by Crippen LogP contribution is 2.24. The van der Waals surface area contributed by atoms with Crippen molar-refractivity contribution in [3.63, 3.8) is 0 Å². The molecular weight excluding hydrogens is 292 g/mol. The molecule has 3 rings (SSSR count). The Hall–Kier alpha value is -2.56. The number of esters is 1.